The summed E-state index contributed by atoms with van der Waals surface area (Å²) in [5, 5.41) is 8.92. The quantitative estimate of drug-likeness (QED) is 0.824. The predicted molar refractivity (Wildman–Crippen MR) is 59.8 cm³/mol. The third-order valence-corrected chi connectivity index (χ3v) is 3.01. The predicted octanol–water partition coefficient (Wildman–Crippen LogP) is 1.82. The van der Waals surface area contributed by atoms with Gasteiger partial charge in [0.2, 0.25) is 0 Å². The highest BCUT2D eigenvalue weighted by molar-refractivity contribution is 5.75. The van der Waals surface area contributed by atoms with E-state index in [0.717, 1.165) is 0 Å². The third kappa shape index (κ3) is 2.07. The fraction of sp³-hybridized carbons (Fsp3) is 0.417. The molecule has 0 aliphatic carbocycles. The number of halogens is 1. The maximum absolute atomic E-state index is 13.4. The number of nitrogens with two attached hydrogens (primary N) is 1. The number of aliphatic carboxylic acids is 1. The largest absolute Gasteiger partial charge is 0.480 e. The molecule has 16 heavy (non-hydrogen) atoms. The van der Waals surface area contributed by atoms with Crippen molar-refractivity contribution < 1.29 is 14.3 Å². The Kier molecular flexibility index (Phi) is 3.33. The van der Waals surface area contributed by atoms with Crippen molar-refractivity contribution >= 4 is 5.97 Å². The van der Waals surface area contributed by atoms with Gasteiger partial charge in [-0.15, -0.1) is 0 Å². The maximum atomic E-state index is 13.4. The summed E-state index contributed by atoms with van der Waals surface area (Å²) in [7, 11) is 0. The zero-order chi connectivity index (χ0) is 12.5. The van der Waals surface area contributed by atoms with Gasteiger partial charge in [0.05, 0.1) is 0 Å². The van der Waals surface area contributed by atoms with Gasteiger partial charge in [-0.1, -0.05) is 26.0 Å². The minimum Gasteiger partial charge on any atom is -0.480 e. The summed E-state index contributed by atoms with van der Waals surface area (Å²) < 4.78 is 13.4. The molecule has 3 N–H and O–H groups in total. The van der Waals surface area contributed by atoms with Gasteiger partial charge in [0.1, 0.15) is 11.9 Å². The van der Waals surface area contributed by atoms with E-state index in [2.05, 4.69) is 0 Å². The van der Waals surface area contributed by atoms with Crippen LogP contribution in [-0.4, -0.2) is 17.1 Å². The molecule has 0 saturated carbocycles. The number of rotatable bonds is 3. The van der Waals surface area contributed by atoms with Crippen molar-refractivity contribution in [3.8, 4) is 0 Å². The Labute approximate surface area is 94.1 Å². The van der Waals surface area contributed by atoms with Crippen LogP contribution in [0.15, 0.2) is 18.2 Å². The fourth-order valence-electron chi connectivity index (χ4n) is 1.78. The molecular weight excluding hydrogens is 209 g/mol. The first-order valence-electron chi connectivity index (χ1n) is 5.02. The number of carboxylic acids is 1. The SMILES string of the molecule is Cc1c(F)cccc1C(C)(C)C(N)C(=O)O. The van der Waals surface area contributed by atoms with Gasteiger partial charge in [-0.05, 0) is 24.1 Å². The molecule has 1 aromatic rings. The molecule has 0 saturated heterocycles. The van der Waals surface area contributed by atoms with E-state index in [4.69, 9.17) is 10.8 Å². The number of carboxylic acid groups (broad SMARTS) is 1. The van der Waals surface area contributed by atoms with Crippen LogP contribution in [0.25, 0.3) is 0 Å². The normalized spacial score (nSPS) is 13.6. The lowest BCUT2D eigenvalue weighted by Gasteiger charge is -2.30. The zero-order valence-corrected chi connectivity index (χ0v) is 9.62. The summed E-state index contributed by atoms with van der Waals surface area (Å²) in [6.07, 6.45) is 0. The monoisotopic (exact) mass is 225 g/mol. The lowest BCUT2D eigenvalue weighted by molar-refractivity contribution is -0.140. The molecule has 0 heterocycles. The van der Waals surface area contributed by atoms with Crippen LogP contribution in [0.1, 0.15) is 25.0 Å². The van der Waals surface area contributed by atoms with E-state index in [1.54, 1.807) is 32.9 Å². The van der Waals surface area contributed by atoms with E-state index in [-0.39, 0.29) is 5.82 Å². The standard InChI is InChI=1S/C12H16FNO2/c1-7-8(5-4-6-9(7)13)12(2,3)10(14)11(15)16/h4-6,10H,14H2,1-3H3,(H,15,16). The van der Waals surface area contributed by atoms with Crippen molar-refractivity contribution in [2.45, 2.75) is 32.2 Å². The Morgan fingerprint density at radius 1 is 1.50 bits per heavy atom. The first kappa shape index (κ1) is 12.6. The molecule has 1 rings (SSSR count). The van der Waals surface area contributed by atoms with Crippen molar-refractivity contribution in [3.63, 3.8) is 0 Å². The second kappa shape index (κ2) is 4.22. The van der Waals surface area contributed by atoms with Crippen LogP contribution in [0, 0.1) is 12.7 Å². The average molecular weight is 225 g/mol. The van der Waals surface area contributed by atoms with Gasteiger partial charge < -0.3 is 10.8 Å². The highest BCUT2D eigenvalue weighted by Crippen LogP contribution is 2.30. The van der Waals surface area contributed by atoms with Crippen LogP contribution in [0.5, 0.6) is 0 Å². The van der Waals surface area contributed by atoms with E-state index in [9.17, 15) is 9.18 Å². The molecule has 3 nitrogen and oxygen atoms in total. The molecule has 0 radical (unpaired) electrons. The molecule has 1 unspecified atom stereocenters. The minimum atomic E-state index is -1.09. The molecule has 0 aliphatic rings. The summed E-state index contributed by atoms with van der Waals surface area (Å²) in [5.41, 5.74) is 5.89. The molecule has 0 fully saturated rings. The van der Waals surface area contributed by atoms with E-state index < -0.39 is 17.4 Å². The fourth-order valence-corrected chi connectivity index (χ4v) is 1.78. The minimum absolute atomic E-state index is 0.344. The smallest absolute Gasteiger partial charge is 0.321 e. The second-order valence-electron chi connectivity index (χ2n) is 4.45. The van der Waals surface area contributed by atoms with E-state index in [0.29, 0.717) is 11.1 Å². The Hall–Kier alpha value is -1.42. The van der Waals surface area contributed by atoms with Crippen LogP contribution in [0.2, 0.25) is 0 Å². The number of benzene rings is 1. The first-order chi connectivity index (χ1) is 7.28. The highest BCUT2D eigenvalue weighted by atomic mass is 19.1. The van der Waals surface area contributed by atoms with Crippen LogP contribution >= 0.6 is 0 Å². The Bertz CT molecular complexity index is 415. The van der Waals surface area contributed by atoms with Crippen molar-refractivity contribution in [2.75, 3.05) is 0 Å². The van der Waals surface area contributed by atoms with Crippen LogP contribution < -0.4 is 5.73 Å². The van der Waals surface area contributed by atoms with Crippen molar-refractivity contribution in [1.82, 2.24) is 0 Å². The summed E-state index contributed by atoms with van der Waals surface area (Å²) in [6.45, 7) is 5.03. The molecule has 1 atom stereocenters. The topological polar surface area (TPSA) is 63.3 Å². The molecule has 1 aromatic carbocycles. The van der Waals surface area contributed by atoms with E-state index in [1.807, 2.05) is 0 Å². The summed E-state index contributed by atoms with van der Waals surface area (Å²) in [5.74, 6) is -1.43. The average Bonchev–Trinajstić information content (AvgIpc) is 2.20. The van der Waals surface area contributed by atoms with Gasteiger partial charge in [-0.3, -0.25) is 4.79 Å². The molecule has 88 valence electrons. The van der Waals surface area contributed by atoms with Gasteiger partial charge in [0.15, 0.2) is 0 Å². The van der Waals surface area contributed by atoms with Crippen LogP contribution in [0.3, 0.4) is 0 Å². The van der Waals surface area contributed by atoms with Gasteiger partial charge in [-0.2, -0.15) is 0 Å². The van der Waals surface area contributed by atoms with Gasteiger partial charge in [0, 0.05) is 5.41 Å². The number of hydrogen-bond donors (Lipinski definition) is 2. The third-order valence-electron chi connectivity index (χ3n) is 3.01. The molecule has 0 aliphatic heterocycles. The Morgan fingerprint density at radius 3 is 2.56 bits per heavy atom. The second-order valence-corrected chi connectivity index (χ2v) is 4.45. The lowest BCUT2D eigenvalue weighted by atomic mass is 9.76. The van der Waals surface area contributed by atoms with Gasteiger partial charge in [-0.25, -0.2) is 4.39 Å². The van der Waals surface area contributed by atoms with Crippen molar-refractivity contribution in [2.24, 2.45) is 5.73 Å². The van der Waals surface area contributed by atoms with Crippen molar-refractivity contribution in [3.05, 3.63) is 35.1 Å². The maximum Gasteiger partial charge on any atom is 0.321 e. The van der Waals surface area contributed by atoms with Crippen molar-refractivity contribution in [1.29, 1.82) is 0 Å². The Morgan fingerprint density at radius 2 is 2.06 bits per heavy atom. The van der Waals surface area contributed by atoms with Gasteiger partial charge >= 0.3 is 5.97 Å². The first-order valence-corrected chi connectivity index (χ1v) is 5.02. The lowest BCUT2D eigenvalue weighted by Crippen LogP contribution is -2.47. The summed E-state index contributed by atoms with van der Waals surface area (Å²) in [6, 6.07) is 3.56. The molecular formula is C12H16FNO2. The molecule has 0 bridgehead atoms. The zero-order valence-electron chi connectivity index (χ0n) is 9.62. The van der Waals surface area contributed by atoms with Crippen LogP contribution in [-0.2, 0) is 10.2 Å². The van der Waals surface area contributed by atoms with Crippen LogP contribution in [0.4, 0.5) is 4.39 Å². The van der Waals surface area contributed by atoms with Gasteiger partial charge in [0.25, 0.3) is 0 Å². The number of carbonyl (C=O) groups is 1. The molecule has 0 aromatic heterocycles. The Balaban J connectivity index is 3.26. The van der Waals surface area contributed by atoms with E-state index >= 15 is 0 Å². The highest BCUT2D eigenvalue weighted by Gasteiger charge is 2.35. The molecule has 4 heteroatoms. The number of hydrogen-bond acceptors (Lipinski definition) is 2. The summed E-state index contributed by atoms with van der Waals surface area (Å²) in [4.78, 5) is 10.9. The van der Waals surface area contributed by atoms with E-state index in [1.165, 1.54) is 6.07 Å². The summed E-state index contributed by atoms with van der Waals surface area (Å²) >= 11 is 0. The molecule has 0 spiro atoms. The molecule has 0 amide bonds.